The number of nitrogens with zero attached hydrogens (tertiary/aromatic N) is 3. The van der Waals surface area contributed by atoms with Crippen molar-refractivity contribution in [3.8, 4) is 22.9 Å². The Morgan fingerprint density at radius 1 is 1.22 bits per heavy atom. The molecular formula is C15H11ClN4O2S. The summed E-state index contributed by atoms with van der Waals surface area (Å²) < 4.78 is 1.72. The lowest BCUT2D eigenvalue weighted by atomic mass is 10.2. The Balaban J connectivity index is 2.02. The molecule has 0 unspecified atom stereocenters. The molecule has 116 valence electrons. The summed E-state index contributed by atoms with van der Waals surface area (Å²) in [5, 5.41) is 30.7. The predicted molar refractivity (Wildman–Crippen MR) is 90.6 cm³/mol. The number of hydrogen-bond donors (Lipinski definition) is 3. The average molecular weight is 347 g/mol. The third-order valence-corrected chi connectivity index (χ3v) is 3.56. The van der Waals surface area contributed by atoms with Gasteiger partial charge in [0.1, 0.15) is 11.5 Å². The number of rotatable bonds is 3. The minimum atomic E-state index is -0.0898. The summed E-state index contributed by atoms with van der Waals surface area (Å²) >= 11 is 11.2. The van der Waals surface area contributed by atoms with E-state index in [0.29, 0.717) is 21.2 Å². The van der Waals surface area contributed by atoms with Gasteiger partial charge in [0.2, 0.25) is 4.77 Å². The number of aromatic amines is 1. The summed E-state index contributed by atoms with van der Waals surface area (Å²) in [5.74, 6) is 0.374. The lowest BCUT2D eigenvalue weighted by Crippen LogP contribution is -1.95. The summed E-state index contributed by atoms with van der Waals surface area (Å²) in [6.07, 6.45) is 1.42. The van der Waals surface area contributed by atoms with Crippen LogP contribution in [0.15, 0.2) is 47.6 Å². The number of aromatic nitrogens is 3. The minimum Gasteiger partial charge on any atom is -0.508 e. The summed E-state index contributed by atoms with van der Waals surface area (Å²) in [6, 6.07) is 11.4. The summed E-state index contributed by atoms with van der Waals surface area (Å²) in [6.45, 7) is 0. The van der Waals surface area contributed by atoms with Crippen molar-refractivity contribution < 1.29 is 10.2 Å². The van der Waals surface area contributed by atoms with Crippen LogP contribution in [0.4, 0.5) is 0 Å². The molecule has 0 saturated heterocycles. The van der Waals surface area contributed by atoms with Crippen LogP contribution in [-0.2, 0) is 0 Å². The molecule has 6 nitrogen and oxygen atoms in total. The number of aromatic hydroxyl groups is 2. The van der Waals surface area contributed by atoms with E-state index in [4.69, 9.17) is 23.8 Å². The van der Waals surface area contributed by atoms with Crippen LogP contribution in [0.2, 0.25) is 5.02 Å². The second-order valence-electron chi connectivity index (χ2n) is 4.66. The Hall–Kier alpha value is -2.64. The fourth-order valence-electron chi connectivity index (χ4n) is 1.97. The summed E-state index contributed by atoms with van der Waals surface area (Å²) in [7, 11) is 0. The van der Waals surface area contributed by atoms with Gasteiger partial charge in [0.15, 0.2) is 5.82 Å². The zero-order valence-corrected chi connectivity index (χ0v) is 13.2. The van der Waals surface area contributed by atoms with Gasteiger partial charge in [0, 0.05) is 22.2 Å². The van der Waals surface area contributed by atoms with Crippen molar-refractivity contribution in [1.29, 1.82) is 0 Å². The van der Waals surface area contributed by atoms with E-state index in [2.05, 4.69) is 15.3 Å². The summed E-state index contributed by atoms with van der Waals surface area (Å²) in [4.78, 5) is 0. The maximum atomic E-state index is 9.78. The van der Waals surface area contributed by atoms with Crippen LogP contribution in [0.1, 0.15) is 5.56 Å². The van der Waals surface area contributed by atoms with E-state index < -0.39 is 0 Å². The smallest absolute Gasteiger partial charge is 0.216 e. The molecule has 0 aliphatic heterocycles. The van der Waals surface area contributed by atoms with Gasteiger partial charge < -0.3 is 10.2 Å². The number of halogens is 1. The van der Waals surface area contributed by atoms with Gasteiger partial charge in [-0.3, -0.25) is 0 Å². The lowest BCUT2D eigenvalue weighted by Gasteiger charge is -2.02. The number of nitrogens with one attached hydrogen (secondary N) is 1. The Labute approximate surface area is 141 Å². The first-order valence-electron chi connectivity index (χ1n) is 6.54. The molecule has 0 spiro atoms. The first-order chi connectivity index (χ1) is 11.0. The molecule has 8 heteroatoms. The average Bonchev–Trinajstić information content (AvgIpc) is 2.87. The van der Waals surface area contributed by atoms with E-state index in [-0.39, 0.29) is 11.5 Å². The van der Waals surface area contributed by atoms with Gasteiger partial charge >= 0.3 is 0 Å². The van der Waals surface area contributed by atoms with Crippen LogP contribution < -0.4 is 0 Å². The minimum absolute atomic E-state index is 0.0285. The molecular weight excluding hydrogens is 336 g/mol. The maximum Gasteiger partial charge on any atom is 0.216 e. The highest BCUT2D eigenvalue weighted by atomic mass is 35.5. The largest absolute Gasteiger partial charge is 0.508 e. The van der Waals surface area contributed by atoms with Crippen molar-refractivity contribution in [3.63, 3.8) is 0 Å². The van der Waals surface area contributed by atoms with Gasteiger partial charge in [-0.15, -0.1) is 0 Å². The molecule has 1 aromatic heterocycles. The number of phenols is 2. The molecule has 0 fully saturated rings. The molecule has 23 heavy (non-hydrogen) atoms. The number of hydrogen-bond acceptors (Lipinski definition) is 5. The summed E-state index contributed by atoms with van der Waals surface area (Å²) in [5.41, 5.74) is 1.18. The lowest BCUT2D eigenvalue weighted by molar-refractivity contribution is 0.450. The molecule has 0 bridgehead atoms. The Morgan fingerprint density at radius 2 is 2.04 bits per heavy atom. The van der Waals surface area contributed by atoms with E-state index in [1.807, 2.05) is 6.07 Å². The SMILES string of the molecule is Oc1ccc(/C=N/n2c(-c3cccc(Cl)c3)n[nH]c2=S)c(O)c1. The molecule has 0 aliphatic rings. The quantitative estimate of drug-likeness (QED) is 0.500. The molecule has 1 heterocycles. The molecule has 2 aromatic carbocycles. The van der Waals surface area contributed by atoms with Gasteiger partial charge in [-0.2, -0.15) is 14.9 Å². The molecule has 0 amide bonds. The van der Waals surface area contributed by atoms with Gasteiger partial charge in [-0.25, -0.2) is 5.10 Å². The van der Waals surface area contributed by atoms with Crippen LogP contribution in [0, 0.1) is 4.77 Å². The standard InChI is InChI=1S/C15H11ClN4O2S/c16-11-3-1-2-9(6-11)14-18-19-15(23)20(14)17-8-10-4-5-12(21)7-13(10)22/h1-8,21-22H,(H,19,23)/b17-8+. The first-order valence-corrected chi connectivity index (χ1v) is 7.33. The van der Waals surface area contributed by atoms with Crippen LogP contribution >= 0.6 is 23.8 Å². The second kappa shape index (κ2) is 6.23. The van der Waals surface area contributed by atoms with Crippen LogP contribution in [0.5, 0.6) is 11.5 Å². The molecule has 0 radical (unpaired) electrons. The van der Waals surface area contributed by atoms with Crippen molar-refractivity contribution >= 4 is 30.0 Å². The molecule has 0 saturated carbocycles. The highest BCUT2D eigenvalue weighted by molar-refractivity contribution is 7.71. The van der Waals surface area contributed by atoms with Crippen molar-refractivity contribution in [2.75, 3.05) is 0 Å². The third-order valence-electron chi connectivity index (χ3n) is 3.06. The van der Waals surface area contributed by atoms with Crippen molar-refractivity contribution in [2.45, 2.75) is 0 Å². The Kier molecular flexibility index (Phi) is 4.14. The number of phenolic OH excluding ortho intramolecular Hbond substituents is 2. The molecule has 0 aliphatic carbocycles. The van der Waals surface area contributed by atoms with Gasteiger partial charge in [0.25, 0.3) is 0 Å². The molecule has 3 aromatic rings. The fourth-order valence-corrected chi connectivity index (χ4v) is 2.34. The van der Waals surface area contributed by atoms with E-state index in [1.54, 1.807) is 18.2 Å². The van der Waals surface area contributed by atoms with Crippen molar-refractivity contribution in [3.05, 3.63) is 57.8 Å². The van der Waals surface area contributed by atoms with E-state index in [0.717, 1.165) is 5.56 Å². The molecule has 3 N–H and O–H groups in total. The Bertz CT molecular complexity index is 949. The third kappa shape index (κ3) is 3.25. The van der Waals surface area contributed by atoms with Crippen molar-refractivity contribution in [2.24, 2.45) is 5.10 Å². The second-order valence-corrected chi connectivity index (χ2v) is 5.49. The zero-order chi connectivity index (χ0) is 16.4. The monoisotopic (exact) mass is 346 g/mol. The first kappa shape index (κ1) is 15.3. The van der Waals surface area contributed by atoms with Crippen LogP contribution in [0.25, 0.3) is 11.4 Å². The van der Waals surface area contributed by atoms with E-state index in [1.165, 1.54) is 29.1 Å². The van der Waals surface area contributed by atoms with E-state index in [9.17, 15) is 10.2 Å². The molecule has 3 rings (SSSR count). The van der Waals surface area contributed by atoms with Gasteiger partial charge in [-0.1, -0.05) is 23.7 Å². The van der Waals surface area contributed by atoms with Crippen LogP contribution in [-0.4, -0.2) is 31.3 Å². The Morgan fingerprint density at radius 3 is 2.78 bits per heavy atom. The van der Waals surface area contributed by atoms with Crippen molar-refractivity contribution in [1.82, 2.24) is 14.9 Å². The maximum absolute atomic E-state index is 9.78. The topological polar surface area (TPSA) is 86.4 Å². The van der Waals surface area contributed by atoms with Gasteiger partial charge in [-0.05, 0) is 36.5 Å². The number of benzene rings is 2. The van der Waals surface area contributed by atoms with Gasteiger partial charge in [0.05, 0.1) is 6.21 Å². The van der Waals surface area contributed by atoms with Crippen LogP contribution in [0.3, 0.4) is 0 Å². The molecule has 0 atom stereocenters. The van der Waals surface area contributed by atoms with E-state index >= 15 is 0 Å². The highest BCUT2D eigenvalue weighted by Crippen LogP contribution is 2.23. The fraction of sp³-hybridized carbons (Fsp3) is 0. The predicted octanol–water partition coefficient (Wildman–Crippen LogP) is 3.55. The number of H-pyrrole nitrogens is 1. The zero-order valence-electron chi connectivity index (χ0n) is 11.6. The highest BCUT2D eigenvalue weighted by Gasteiger charge is 2.08. The normalized spacial score (nSPS) is 11.2.